The summed E-state index contributed by atoms with van der Waals surface area (Å²) >= 11 is 0. The van der Waals surface area contributed by atoms with Crippen molar-refractivity contribution >= 4 is 5.82 Å². The fourth-order valence-corrected chi connectivity index (χ4v) is 1.19. The third-order valence-corrected chi connectivity index (χ3v) is 1.88. The van der Waals surface area contributed by atoms with Gasteiger partial charge >= 0.3 is 0 Å². The lowest BCUT2D eigenvalue weighted by Gasteiger charge is -2.03. The van der Waals surface area contributed by atoms with E-state index in [-0.39, 0.29) is 12.4 Å². The van der Waals surface area contributed by atoms with Crippen LogP contribution in [0, 0.1) is 18.6 Å². The van der Waals surface area contributed by atoms with Crippen LogP contribution in [-0.2, 0) is 6.54 Å². The summed E-state index contributed by atoms with van der Waals surface area (Å²) < 4.78 is 30.9. The molecular weight excluding hydrogens is 216 g/mol. The standard InChI is InChI=1S/C10H9F2N3O/c1-6-3-13-9(16-6)5-15-10-8(12)2-7(11)4-14-10/h2-4H,5H2,1H3,(H,14,15). The van der Waals surface area contributed by atoms with E-state index >= 15 is 0 Å². The highest BCUT2D eigenvalue weighted by Crippen LogP contribution is 2.12. The van der Waals surface area contributed by atoms with Gasteiger partial charge in [-0.15, -0.1) is 0 Å². The van der Waals surface area contributed by atoms with Crippen molar-refractivity contribution in [1.82, 2.24) is 9.97 Å². The molecule has 0 radical (unpaired) electrons. The van der Waals surface area contributed by atoms with Crippen LogP contribution in [0.4, 0.5) is 14.6 Å². The van der Waals surface area contributed by atoms with E-state index in [0.717, 1.165) is 12.3 Å². The zero-order valence-corrected chi connectivity index (χ0v) is 8.50. The van der Waals surface area contributed by atoms with E-state index in [1.165, 1.54) is 0 Å². The number of halogens is 2. The predicted molar refractivity (Wildman–Crippen MR) is 52.7 cm³/mol. The molecule has 2 rings (SSSR count). The lowest BCUT2D eigenvalue weighted by atomic mass is 10.4. The van der Waals surface area contributed by atoms with Crippen LogP contribution in [0.2, 0.25) is 0 Å². The average Bonchev–Trinajstić information content (AvgIpc) is 2.63. The van der Waals surface area contributed by atoms with Crippen molar-refractivity contribution in [3.8, 4) is 0 Å². The van der Waals surface area contributed by atoms with Crippen LogP contribution < -0.4 is 5.32 Å². The van der Waals surface area contributed by atoms with Crippen LogP contribution in [0.25, 0.3) is 0 Å². The molecule has 4 nitrogen and oxygen atoms in total. The summed E-state index contributed by atoms with van der Waals surface area (Å²) in [5.41, 5.74) is 0. The summed E-state index contributed by atoms with van der Waals surface area (Å²) in [6.07, 6.45) is 2.50. The molecule has 16 heavy (non-hydrogen) atoms. The molecule has 0 fully saturated rings. The molecule has 0 saturated heterocycles. The van der Waals surface area contributed by atoms with E-state index in [0.29, 0.717) is 11.7 Å². The molecule has 0 amide bonds. The number of hydrogen-bond donors (Lipinski definition) is 1. The number of aryl methyl sites for hydroxylation is 1. The first-order valence-corrected chi connectivity index (χ1v) is 4.61. The largest absolute Gasteiger partial charge is 0.444 e. The fraction of sp³-hybridized carbons (Fsp3) is 0.200. The molecule has 84 valence electrons. The Morgan fingerprint density at radius 2 is 2.12 bits per heavy atom. The first-order valence-electron chi connectivity index (χ1n) is 4.61. The van der Waals surface area contributed by atoms with Gasteiger partial charge < -0.3 is 9.73 Å². The SMILES string of the molecule is Cc1cnc(CNc2ncc(F)cc2F)o1. The van der Waals surface area contributed by atoms with Gasteiger partial charge in [0.1, 0.15) is 11.6 Å². The number of aromatic nitrogens is 2. The van der Waals surface area contributed by atoms with E-state index in [9.17, 15) is 8.78 Å². The van der Waals surface area contributed by atoms with Gasteiger partial charge in [0.05, 0.1) is 18.9 Å². The molecule has 2 heterocycles. The molecule has 0 spiro atoms. The Hall–Kier alpha value is -1.98. The van der Waals surface area contributed by atoms with Gasteiger partial charge in [-0.05, 0) is 6.92 Å². The first kappa shape index (κ1) is 10.5. The van der Waals surface area contributed by atoms with Gasteiger partial charge in [0.25, 0.3) is 0 Å². The minimum atomic E-state index is -0.747. The summed E-state index contributed by atoms with van der Waals surface area (Å²) in [4.78, 5) is 7.49. The van der Waals surface area contributed by atoms with Crippen LogP contribution in [0.3, 0.4) is 0 Å². The first-order chi connectivity index (χ1) is 7.65. The number of nitrogens with one attached hydrogen (secondary N) is 1. The Bertz CT molecular complexity index is 499. The van der Waals surface area contributed by atoms with Gasteiger partial charge in [-0.1, -0.05) is 0 Å². The third kappa shape index (κ3) is 2.33. The van der Waals surface area contributed by atoms with E-state index in [1.807, 2.05) is 0 Å². The number of oxazole rings is 1. The molecule has 1 N–H and O–H groups in total. The number of rotatable bonds is 3. The number of pyridine rings is 1. The van der Waals surface area contributed by atoms with Crippen LogP contribution in [0.1, 0.15) is 11.7 Å². The zero-order valence-electron chi connectivity index (χ0n) is 8.50. The summed E-state index contributed by atoms with van der Waals surface area (Å²) in [5, 5.41) is 2.66. The van der Waals surface area contributed by atoms with Gasteiger partial charge in [-0.3, -0.25) is 0 Å². The summed E-state index contributed by atoms with van der Waals surface area (Å²) in [5.74, 6) is -0.400. The normalized spacial score (nSPS) is 10.4. The van der Waals surface area contributed by atoms with E-state index in [4.69, 9.17) is 4.42 Å². The van der Waals surface area contributed by atoms with Gasteiger partial charge in [-0.2, -0.15) is 0 Å². The lowest BCUT2D eigenvalue weighted by molar-refractivity contribution is 0.478. The number of anilines is 1. The highest BCUT2D eigenvalue weighted by molar-refractivity contribution is 5.35. The van der Waals surface area contributed by atoms with Gasteiger partial charge in [-0.25, -0.2) is 18.7 Å². The van der Waals surface area contributed by atoms with Crippen molar-refractivity contribution < 1.29 is 13.2 Å². The second kappa shape index (κ2) is 4.26. The molecule has 6 heteroatoms. The maximum atomic E-state index is 13.1. The smallest absolute Gasteiger partial charge is 0.213 e. The summed E-state index contributed by atoms with van der Waals surface area (Å²) in [6.45, 7) is 1.95. The lowest BCUT2D eigenvalue weighted by Crippen LogP contribution is -2.04. The molecule has 0 aliphatic rings. The van der Waals surface area contributed by atoms with Crippen LogP contribution in [0.5, 0.6) is 0 Å². The van der Waals surface area contributed by atoms with Crippen molar-refractivity contribution in [2.45, 2.75) is 13.5 Å². The molecule has 0 saturated carbocycles. The Labute approximate surface area is 90.3 Å². The molecule has 0 aromatic carbocycles. The van der Waals surface area contributed by atoms with E-state index in [2.05, 4.69) is 15.3 Å². The van der Waals surface area contributed by atoms with Crippen molar-refractivity contribution in [2.24, 2.45) is 0 Å². The van der Waals surface area contributed by atoms with E-state index in [1.54, 1.807) is 13.1 Å². The summed E-state index contributed by atoms with van der Waals surface area (Å²) in [6, 6.07) is 0.760. The molecule has 0 aliphatic heterocycles. The molecule has 0 atom stereocenters. The zero-order chi connectivity index (χ0) is 11.5. The van der Waals surface area contributed by atoms with E-state index < -0.39 is 11.6 Å². The molecule has 0 aliphatic carbocycles. The van der Waals surface area contributed by atoms with Crippen molar-refractivity contribution in [1.29, 1.82) is 0 Å². The average molecular weight is 225 g/mol. The quantitative estimate of drug-likeness (QED) is 0.870. The van der Waals surface area contributed by atoms with Crippen molar-refractivity contribution in [2.75, 3.05) is 5.32 Å². The molecular formula is C10H9F2N3O. The fourth-order valence-electron chi connectivity index (χ4n) is 1.19. The maximum absolute atomic E-state index is 13.1. The second-order valence-electron chi connectivity index (χ2n) is 3.20. The highest BCUT2D eigenvalue weighted by atomic mass is 19.1. The Kier molecular flexibility index (Phi) is 2.80. The third-order valence-electron chi connectivity index (χ3n) is 1.88. The van der Waals surface area contributed by atoms with Gasteiger partial charge in [0.15, 0.2) is 11.6 Å². The monoisotopic (exact) mass is 225 g/mol. The van der Waals surface area contributed by atoms with Gasteiger partial charge in [0.2, 0.25) is 5.89 Å². The van der Waals surface area contributed by atoms with Crippen LogP contribution in [-0.4, -0.2) is 9.97 Å². The Balaban J connectivity index is 2.04. The van der Waals surface area contributed by atoms with Crippen molar-refractivity contribution in [3.05, 3.63) is 41.7 Å². The predicted octanol–water partition coefficient (Wildman–Crippen LogP) is 2.27. The van der Waals surface area contributed by atoms with Crippen molar-refractivity contribution in [3.63, 3.8) is 0 Å². The number of nitrogens with zero attached hydrogens (tertiary/aromatic N) is 2. The van der Waals surface area contributed by atoms with Crippen LogP contribution in [0.15, 0.2) is 22.9 Å². The molecule has 2 aromatic rings. The Morgan fingerprint density at radius 1 is 1.31 bits per heavy atom. The maximum Gasteiger partial charge on any atom is 0.213 e. The second-order valence-corrected chi connectivity index (χ2v) is 3.20. The number of hydrogen-bond acceptors (Lipinski definition) is 4. The molecule has 0 unspecified atom stereocenters. The molecule has 0 bridgehead atoms. The van der Waals surface area contributed by atoms with Gasteiger partial charge in [0, 0.05) is 6.07 Å². The van der Waals surface area contributed by atoms with Crippen LogP contribution >= 0.6 is 0 Å². The molecule has 2 aromatic heterocycles. The highest BCUT2D eigenvalue weighted by Gasteiger charge is 2.06. The summed E-state index contributed by atoms with van der Waals surface area (Å²) in [7, 11) is 0. The minimum Gasteiger partial charge on any atom is -0.444 e. The topological polar surface area (TPSA) is 51.0 Å². The minimum absolute atomic E-state index is 0.0303. The Morgan fingerprint density at radius 3 is 2.75 bits per heavy atom.